The van der Waals surface area contributed by atoms with E-state index in [1.54, 1.807) is 0 Å². The van der Waals surface area contributed by atoms with E-state index in [0.29, 0.717) is 0 Å². The third kappa shape index (κ3) is 2.03. The third-order valence-electron chi connectivity index (χ3n) is 1.90. The van der Waals surface area contributed by atoms with Crippen LogP contribution in [0, 0.1) is 0 Å². The maximum absolute atomic E-state index is 10.6. The highest BCUT2D eigenvalue weighted by molar-refractivity contribution is 5.88. The molecular formula is C10H12O4. The fourth-order valence-corrected chi connectivity index (χ4v) is 1.16. The first-order chi connectivity index (χ1) is 6.32. The topological polar surface area (TPSA) is 77.8 Å². The Morgan fingerprint density at radius 3 is 2.36 bits per heavy atom. The van der Waals surface area contributed by atoms with E-state index in [2.05, 4.69) is 0 Å². The standard InChI is InChI=1S/C10H12O4/c1-10(2,14)7-5-6(9(12)13)3-4-8(7)11/h3-5,11,14H,1-2H3,(H,12,13). The van der Waals surface area contributed by atoms with E-state index in [4.69, 9.17) is 5.11 Å². The summed E-state index contributed by atoms with van der Waals surface area (Å²) in [5.74, 6) is -1.20. The van der Waals surface area contributed by atoms with Gasteiger partial charge in [0.1, 0.15) is 5.75 Å². The summed E-state index contributed by atoms with van der Waals surface area (Å²) in [6, 6.07) is 3.81. The van der Waals surface area contributed by atoms with Crippen LogP contribution >= 0.6 is 0 Å². The normalized spacial score (nSPS) is 11.4. The van der Waals surface area contributed by atoms with E-state index < -0.39 is 11.6 Å². The van der Waals surface area contributed by atoms with Crippen molar-refractivity contribution in [2.45, 2.75) is 19.4 Å². The van der Waals surface area contributed by atoms with Crippen LogP contribution in [-0.4, -0.2) is 21.3 Å². The zero-order valence-electron chi connectivity index (χ0n) is 7.98. The van der Waals surface area contributed by atoms with Gasteiger partial charge in [0.05, 0.1) is 11.2 Å². The number of aliphatic hydroxyl groups is 1. The van der Waals surface area contributed by atoms with E-state index in [9.17, 15) is 15.0 Å². The Morgan fingerprint density at radius 2 is 1.93 bits per heavy atom. The van der Waals surface area contributed by atoms with Gasteiger partial charge in [-0.05, 0) is 32.0 Å². The Bertz CT molecular complexity index is 363. The maximum atomic E-state index is 10.6. The van der Waals surface area contributed by atoms with Gasteiger partial charge in [-0.15, -0.1) is 0 Å². The predicted octanol–water partition coefficient (Wildman–Crippen LogP) is 1.32. The molecule has 3 N–H and O–H groups in total. The molecule has 1 rings (SSSR count). The molecule has 0 unspecified atom stereocenters. The van der Waals surface area contributed by atoms with Crippen LogP contribution in [0.1, 0.15) is 29.8 Å². The Morgan fingerprint density at radius 1 is 1.36 bits per heavy atom. The summed E-state index contributed by atoms with van der Waals surface area (Å²) < 4.78 is 0. The van der Waals surface area contributed by atoms with Gasteiger partial charge in [0.25, 0.3) is 0 Å². The van der Waals surface area contributed by atoms with Gasteiger partial charge in [-0.1, -0.05) is 0 Å². The highest BCUT2D eigenvalue weighted by Crippen LogP contribution is 2.29. The van der Waals surface area contributed by atoms with E-state index >= 15 is 0 Å². The van der Waals surface area contributed by atoms with Crippen LogP contribution in [-0.2, 0) is 5.60 Å². The van der Waals surface area contributed by atoms with Crippen LogP contribution in [0.15, 0.2) is 18.2 Å². The van der Waals surface area contributed by atoms with Crippen LogP contribution in [0.3, 0.4) is 0 Å². The average molecular weight is 196 g/mol. The summed E-state index contributed by atoms with van der Waals surface area (Å²) in [6.07, 6.45) is 0. The van der Waals surface area contributed by atoms with E-state index in [0.717, 1.165) is 0 Å². The number of phenolic OH excluding ortho intramolecular Hbond substituents is 1. The van der Waals surface area contributed by atoms with Crippen molar-refractivity contribution in [1.29, 1.82) is 0 Å². The van der Waals surface area contributed by atoms with E-state index in [-0.39, 0.29) is 16.9 Å². The summed E-state index contributed by atoms with van der Waals surface area (Å²) in [5, 5.41) is 27.7. The number of aromatic carboxylic acids is 1. The van der Waals surface area contributed by atoms with Crippen molar-refractivity contribution >= 4 is 5.97 Å². The van der Waals surface area contributed by atoms with Crippen molar-refractivity contribution in [1.82, 2.24) is 0 Å². The van der Waals surface area contributed by atoms with Gasteiger partial charge in [-0.3, -0.25) is 0 Å². The summed E-state index contributed by atoms with van der Waals surface area (Å²) in [4.78, 5) is 10.6. The number of carboxylic acid groups (broad SMARTS) is 1. The molecule has 0 heterocycles. The zero-order chi connectivity index (χ0) is 10.9. The fourth-order valence-electron chi connectivity index (χ4n) is 1.16. The van der Waals surface area contributed by atoms with Crippen molar-refractivity contribution < 1.29 is 20.1 Å². The second-order valence-corrected chi connectivity index (χ2v) is 3.60. The first kappa shape index (κ1) is 10.5. The summed E-state index contributed by atoms with van der Waals surface area (Å²) in [5.41, 5.74) is -1.01. The number of aromatic hydroxyl groups is 1. The molecule has 0 aliphatic carbocycles. The molecule has 14 heavy (non-hydrogen) atoms. The molecule has 0 saturated heterocycles. The van der Waals surface area contributed by atoms with Crippen LogP contribution in [0.5, 0.6) is 5.75 Å². The molecule has 0 saturated carbocycles. The molecule has 0 aliphatic rings. The molecule has 0 fully saturated rings. The number of hydrogen-bond donors (Lipinski definition) is 3. The van der Waals surface area contributed by atoms with Gasteiger partial charge in [0, 0.05) is 5.56 Å². The van der Waals surface area contributed by atoms with Crippen molar-refractivity contribution in [3.8, 4) is 5.75 Å². The number of carbonyl (C=O) groups is 1. The van der Waals surface area contributed by atoms with Gasteiger partial charge < -0.3 is 15.3 Å². The molecule has 0 amide bonds. The predicted molar refractivity (Wildman–Crippen MR) is 50.3 cm³/mol. The number of rotatable bonds is 2. The summed E-state index contributed by atoms with van der Waals surface area (Å²) >= 11 is 0. The SMILES string of the molecule is CC(C)(O)c1cc(C(=O)O)ccc1O. The number of benzene rings is 1. The summed E-state index contributed by atoms with van der Waals surface area (Å²) in [6.45, 7) is 2.96. The lowest BCUT2D eigenvalue weighted by Crippen LogP contribution is -2.16. The van der Waals surface area contributed by atoms with E-state index in [1.807, 2.05) is 0 Å². The lowest BCUT2D eigenvalue weighted by atomic mass is 9.95. The Hall–Kier alpha value is -1.55. The molecule has 0 spiro atoms. The molecule has 0 radical (unpaired) electrons. The highest BCUT2D eigenvalue weighted by Gasteiger charge is 2.21. The van der Waals surface area contributed by atoms with Crippen molar-refractivity contribution in [2.24, 2.45) is 0 Å². The quantitative estimate of drug-likeness (QED) is 0.666. The molecule has 0 aromatic heterocycles. The molecule has 4 heteroatoms. The highest BCUT2D eigenvalue weighted by atomic mass is 16.4. The Balaban J connectivity index is 3.29. The summed E-state index contributed by atoms with van der Waals surface area (Å²) in [7, 11) is 0. The Labute approximate surface area is 81.4 Å². The molecule has 76 valence electrons. The van der Waals surface area contributed by atoms with Crippen LogP contribution in [0.25, 0.3) is 0 Å². The number of phenols is 1. The molecule has 0 aliphatic heterocycles. The fraction of sp³-hybridized carbons (Fsp3) is 0.300. The lowest BCUT2D eigenvalue weighted by molar-refractivity contribution is 0.0691. The second-order valence-electron chi connectivity index (χ2n) is 3.60. The second kappa shape index (κ2) is 3.31. The molecule has 1 aromatic rings. The zero-order valence-corrected chi connectivity index (χ0v) is 7.98. The third-order valence-corrected chi connectivity index (χ3v) is 1.90. The Kier molecular flexibility index (Phi) is 2.49. The molecule has 1 aromatic carbocycles. The first-order valence-electron chi connectivity index (χ1n) is 4.11. The van der Waals surface area contributed by atoms with Crippen LogP contribution in [0.2, 0.25) is 0 Å². The monoisotopic (exact) mass is 196 g/mol. The first-order valence-corrected chi connectivity index (χ1v) is 4.11. The van der Waals surface area contributed by atoms with Crippen LogP contribution < -0.4 is 0 Å². The smallest absolute Gasteiger partial charge is 0.335 e. The molecule has 4 nitrogen and oxygen atoms in total. The van der Waals surface area contributed by atoms with Gasteiger partial charge in [-0.25, -0.2) is 4.79 Å². The van der Waals surface area contributed by atoms with Crippen molar-refractivity contribution in [2.75, 3.05) is 0 Å². The van der Waals surface area contributed by atoms with Gasteiger partial charge in [-0.2, -0.15) is 0 Å². The van der Waals surface area contributed by atoms with Gasteiger partial charge in [0.15, 0.2) is 0 Å². The lowest BCUT2D eigenvalue weighted by Gasteiger charge is -2.19. The molecular weight excluding hydrogens is 184 g/mol. The van der Waals surface area contributed by atoms with E-state index in [1.165, 1.54) is 32.0 Å². The largest absolute Gasteiger partial charge is 0.508 e. The van der Waals surface area contributed by atoms with Gasteiger partial charge in [0.2, 0.25) is 0 Å². The average Bonchev–Trinajstić information content (AvgIpc) is 2.02. The minimum Gasteiger partial charge on any atom is -0.508 e. The minimum atomic E-state index is -1.25. The molecule has 0 atom stereocenters. The minimum absolute atomic E-state index is 0.0416. The van der Waals surface area contributed by atoms with Crippen LogP contribution in [0.4, 0.5) is 0 Å². The maximum Gasteiger partial charge on any atom is 0.335 e. The number of carboxylic acids is 1. The van der Waals surface area contributed by atoms with Crippen molar-refractivity contribution in [3.05, 3.63) is 29.3 Å². The van der Waals surface area contributed by atoms with Gasteiger partial charge >= 0.3 is 5.97 Å². The number of hydrogen-bond acceptors (Lipinski definition) is 3. The molecule has 0 bridgehead atoms. The van der Waals surface area contributed by atoms with Crippen molar-refractivity contribution in [3.63, 3.8) is 0 Å².